The second-order valence-electron chi connectivity index (χ2n) is 6.73. The van der Waals surface area contributed by atoms with Crippen molar-refractivity contribution in [1.82, 2.24) is 0 Å². The summed E-state index contributed by atoms with van der Waals surface area (Å²) in [5, 5.41) is 13.6. The van der Waals surface area contributed by atoms with Gasteiger partial charge in [-0.3, -0.25) is 19.6 Å². The summed E-state index contributed by atoms with van der Waals surface area (Å²) in [6.07, 6.45) is 0. The van der Waals surface area contributed by atoms with Gasteiger partial charge in [-0.2, -0.15) is 0 Å². The normalized spacial score (nSPS) is 11.0. The Balaban J connectivity index is 1.77. The fourth-order valence-electron chi connectivity index (χ4n) is 2.99. The number of nitro groups is 1. The Bertz CT molecular complexity index is 1200. The van der Waals surface area contributed by atoms with Crippen molar-refractivity contribution in [3.05, 3.63) is 93.5 Å². The van der Waals surface area contributed by atoms with Crippen molar-refractivity contribution in [2.75, 3.05) is 10.0 Å². The Morgan fingerprint density at radius 1 is 0.900 bits per heavy atom. The number of anilines is 2. The minimum atomic E-state index is -3.81. The third kappa shape index (κ3) is 4.81. The van der Waals surface area contributed by atoms with E-state index in [0.717, 1.165) is 11.1 Å². The molecule has 1 amide bonds. The molecule has 0 aliphatic carbocycles. The van der Waals surface area contributed by atoms with Crippen LogP contribution >= 0.6 is 0 Å². The number of sulfonamides is 1. The quantitative estimate of drug-likeness (QED) is 0.452. The smallest absolute Gasteiger partial charge is 0.282 e. The highest BCUT2D eigenvalue weighted by molar-refractivity contribution is 7.92. The van der Waals surface area contributed by atoms with Crippen molar-refractivity contribution >= 4 is 33.0 Å². The van der Waals surface area contributed by atoms with E-state index in [2.05, 4.69) is 10.0 Å². The predicted molar refractivity (Wildman–Crippen MR) is 114 cm³/mol. The Labute approximate surface area is 173 Å². The molecule has 0 aromatic heterocycles. The molecule has 3 rings (SSSR count). The Hall–Kier alpha value is -3.72. The van der Waals surface area contributed by atoms with Gasteiger partial charge in [0.1, 0.15) is 5.56 Å². The molecular weight excluding hydrogens is 406 g/mol. The molecule has 154 valence electrons. The summed E-state index contributed by atoms with van der Waals surface area (Å²) in [5.74, 6) is -0.661. The summed E-state index contributed by atoms with van der Waals surface area (Å²) in [7, 11) is -3.81. The fraction of sp³-hybridized carbons (Fsp3) is 0.0952. The first-order valence-electron chi connectivity index (χ1n) is 8.92. The standard InChI is InChI=1S/C21H19N3O5S/c1-14-11-15(2)13-17(12-14)23-30(28,29)18-9-7-16(8-10-18)22-21(25)19-5-3-4-6-20(19)24(26)27/h3-13,23H,1-2H3,(H,22,25). The molecule has 0 aliphatic heterocycles. The predicted octanol–water partition coefficient (Wildman–Crippen LogP) is 4.26. The van der Waals surface area contributed by atoms with E-state index >= 15 is 0 Å². The van der Waals surface area contributed by atoms with Crippen molar-refractivity contribution in [3.63, 3.8) is 0 Å². The highest BCUT2D eigenvalue weighted by Gasteiger charge is 2.20. The molecule has 0 saturated heterocycles. The third-order valence-electron chi connectivity index (χ3n) is 4.24. The van der Waals surface area contributed by atoms with Crippen LogP contribution in [0.5, 0.6) is 0 Å². The number of nitro benzene ring substituents is 1. The molecule has 0 fully saturated rings. The van der Waals surface area contributed by atoms with E-state index in [1.165, 1.54) is 48.5 Å². The van der Waals surface area contributed by atoms with Crippen LogP contribution in [0.4, 0.5) is 17.1 Å². The van der Waals surface area contributed by atoms with Crippen LogP contribution in [0.3, 0.4) is 0 Å². The number of benzene rings is 3. The molecule has 0 saturated carbocycles. The summed E-state index contributed by atoms with van der Waals surface area (Å²) in [5.41, 5.74) is 2.23. The molecular formula is C21H19N3O5S. The monoisotopic (exact) mass is 425 g/mol. The van der Waals surface area contributed by atoms with E-state index in [0.29, 0.717) is 11.4 Å². The van der Waals surface area contributed by atoms with Gasteiger partial charge in [0.25, 0.3) is 21.6 Å². The highest BCUT2D eigenvalue weighted by atomic mass is 32.2. The van der Waals surface area contributed by atoms with E-state index in [-0.39, 0.29) is 16.1 Å². The number of hydrogen-bond donors (Lipinski definition) is 2. The van der Waals surface area contributed by atoms with Crippen molar-refractivity contribution in [2.45, 2.75) is 18.7 Å². The van der Waals surface area contributed by atoms with Crippen LogP contribution in [-0.4, -0.2) is 19.2 Å². The van der Waals surface area contributed by atoms with Crippen LogP contribution in [0.2, 0.25) is 0 Å². The molecule has 8 nitrogen and oxygen atoms in total. The summed E-state index contributed by atoms with van der Waals surface area (Å²) in [6.45, 7) is 3.75. The summed E-state index contributed by atoms with van der Waals surface area (Å²) in [4.78, 5) is 22.8. The zero-order chi connectivity index (χ0) is 21.9. The molecule has 3 aromatic carbocycles. The van der Waals surface area contributed by atoms with Crippen molar-refractivity contribution in [3.8, 4) is 0 Å². The second kappa shape index (κ2) is 8.34. The number of rotatable bonds is 6. The van der Waals surface area contributed by atoms with E-state index in [1.807, 2.05) is 19.9 Å². The minimum Gasteiger partial charge on any atom is -0.322 e. The molecule has 0 bridgehead atoms. The van der Waals surface area contributed by atoms with Gasteiger partial charge >= 0.3 is 0 Å². The Morgan fingerprint density at radius 3 is 2.10 bits per heavy atom. The first-order valence-corrected chi connectivity index (χ1v) is 10.4. The topological polar surface area (TPSA) is 118 Å². The SMILES string of the molecule is Cc1cc(C)cc(NS(=O)(=O)c2ccc(NC(=O)c3ccccc3[N+](=O)[O-])cc2)c1. The first-order chi connectivity index (χ1) is 14.2. The van der Waals surface area contributed by atoms with Crippen LogP contribution < -0.4 is 10.0 Å². The summed E-state index contributed by atoms with van der Waals surface area (Å²) in [6, 6.07) is 16.5. The molecule has 0 unspecified atom stereocenters. The molecule has 0 radical (unpaired) electrons. The van der Waals surface area contributed by atoms with Gasteiger partial charge in [-0.05, 0) is 67.4 Å². The maximum absolute atomic E-state index is 12.6. The number of hydrogen-bond acceptors (Lipinski definition) is 5. The number of amides is 1. The van der Waals surface area contributed by atoms with Gasteiger partial charge in [-0.25, -0.2) is 8.42 Å². The lowest BCUT2D eigenvalue weighted by molar-refractivity contribution is -0.385. The Kier molecular flexibility index (Phi) is 5.84. The maximum Gasteiger partial charge on any atom is 0.282 e. The maximum atomic E-state index is 12.6. The van der Waals surface area contributed by atoms with Crippen LogP contribution in [0, 0.1) is 24.0 Å². The molecule has 0 spiro atoms. The lowest BCUT2D eigenvalue weighted by Crippen LogP contribution is -2.15. The van der Waals surface area contributed by atoms with Crippen molar-refractivity contribution in [1.29, 1.82) is 0 Å². The molecule has 0 heterocycles. The molecule has 2 N–H and O–H groups in total. The van der Waals surface area contributed by atoms with E-state index in [1.54, 1.807) is 12.1 Å². The average molecular weight is 425 g/mol. The summed E-state index contributed by atoms with van der Waals surface area (Å²) >= 11 is 0. The number of aryl methyl sites for hydroxylation is 2. The van der Waals surface area contributed by atoms with Gasteiger partial charge in [0, 0.05) is 17.4 Å². The van der Waals surface area contributed by atoms with Gasteiger partial charge in [0.2, 0.25) is 0 Å². The van der Waals surface area contributed by atoms with Crippen LogP contribution in [0.25, 0.3) is 0 Å². The van der Waals surface area contributed by atoms with Crippen LogP contribution in [0.1, 0.15) is 21.5 Å². The van der Waals surface area contributed by atoms with Gasteiger partial charge in [-0.1, -0.05) is 18.2 Å². The first kappa shape index (κ1) is 21.0. The zero-order valence-corrected chi connectivity index (χ0v) is 17.1. The molecule has 9 heteroatoms. The average Bonchev–Trinajstić information content (AvgIpc) is 2.67. The van der Waals surface area contributed by atoms with Crippen LogP contribution in [0.15, 0.2) is 71.6 Å². The number of nitrogens with zero attached hydrogens (tertiary/aromatic N) is 1. The molecule has 0 atom stereocenters. The Morgan fingerprint density at radius 2 is 1.50 bits per heavy atom. The van der Waals surface area contributed by atoms with Gasteiger partial charge in [-0.15, -0.1) is 0 Å². The van der Waals surface area contributed by atoms with Gasteiger partial charge in [0.15, 0.2) is 0 Å². The summed E-state index contributed by atoms with van der Waals surface area (Å²) < 4.78 is 27.8. The molecule has 0 aliphatic rings. The molecule has 3 aromatic rings. The van der Waals surface area contributed by atoms with E-state index in [4.69, 9.17) is 0 Å². The molecule has 30 heavy (non-hydrogen) atoms. The number of para-hydroxylation sites is 1. The highest BCUT2D eigenvalue weighted by Crippen LogP contribution is 2.22. The second-order valence-corrected chi connectivity index (χ2v) is 8.42. The van der Waals surface area contributed by atoms with Gasteiger partial charge < -0.3 is 5.32 Å². The third-order valence-corrected chi connectivity index (χ3v) is 5.64. The lowest BCUT2D eigenvalue weighted by atomic mass is 10.1. The van der Waals surface area contributed by atoms with Crippen molar-refractivity contribution < 1.29 is 18.1 Å². The van der Waals surface area contributed by atoms with Crippen LogP contribution in [-0.2, 0) is 10.0 Å². The fourth-order valence-corrected chi connectivity index (χ4v) is 4.03. The van der Waals surface area contributed by atoms with Gasteiger partial charge in [0.05, 0.1) is 9.82 Å². The van der Waals surface area contributed by atoms with Crippen molar-refractivity contribution in [2.24, 2.45) is 0 Å². The van der Waals surface area contributed by atoms with E-state index in [9.17, 15) is 23.3 Å². The van der Waals surface area contributed by atoms with E-state index < -0.39 is 20.9 Å². The minimum absolute atomic E-state index is 0.0188. The number of carbonyl (C=O) groups excluding carboxylic acids is 1. The lowest BCUT2D eigenvalue weighted by Gasteiger charge is -2.11. The number of carbonyl (C=O) groups is 1. The largest absolute Gasteiger partial charge is 0.322 e. The zero-order valence-electron chi connectivity index (χ0n) is 16.2. The number of nitrogens with one attached hydrogen (secondary N) is 2.